The Morgan fingerprint density at radius 3 is 2.32 bits per heavy atom. The molecule has 4 heterocycles. The monoisotopic (exact) mass is 577 g/mol. The lowest BCUT2D eigenvalue weighted by Crippen LogP contribution is -2.58. The van der Waals surface area contributed by atoms with E-state index >= 15 is 0 Å². The highest BCUT2D eigenvalue weighted by atomic mass is 32.2. The molecule has 1 spiro atoms. The highest BCUT2D eigenvalue weighted by Gasteiger charge is 2.74. The predicted octanol–water partition coefficient (Wildman–Crippen LogP) is 4.42. The van der Waals surface area contributed by atoms with E-state index < -0.39 is 33.4 Å². The summed E-state index contributed by atoms with van der Waals surface area (Å²) in [5.41, 5.74) is 0.806. The maximum absolute atomic E-state index is 14.8. The number of likely N-dealkylation sites (tertiary alicyclic amines) is 1. The number of aliphatic hydroxyl groups excluding tert-OH is 1. The molecule has 6 atom stereocenters. The van der Waals surface area contributed by atoms with E-state index in [4.69, 9.17) is 0 Å². The Kier molecular flexibility index (Phi) is 7.60. The number of fused-ring (bicyclic) bond motifs is 2. The average molecular weight is 578 g/mol. The molecule has 1 N–H and O–H groups in total. The molecule has 0 bridgehead atoms. The summed E-state index contributed by atoms with van der Waals surface area (Å²) in [5, 5.41) is 10.6. The van der Waals surface area contributed by atoms with Crippen LogP contribution in [0.5, 0.6) is 0 Å². The molecule has 41 heavy (non-hydrogen) atoms. The predicted molar refractivity (Wildman–Crippen MR) is 162 cm³/mol. The molecular formula is C33H43N3O4S. The third kappa shape index (κ3) is 4.56. The maximum atomic E-state index is 14.8. The van der Waals surface area contributed by atoms with Crippen LogP contribution >= 0.6 is 11.8 Å². The van der Waals surface area contributed by atoms with Crippen molar-refractivity contribution < 1.29 is 19.5 Å². The summed E-state index contributed by atoms with van der Waals surface area (Å²) in [6, 6.07) is 8.56. The standard InChI is InChI=1S/C33H43N3O4S/c1-22(2)20-25(21-37)36-28-31(40)35(24-14-8-5-9-15-24)19-11-17-33(28)27(30(36)39)26-29(38)34(23-12-6-4-7-13-23)18-10-16-32(26,3)41-33/h4,6-7,10-13,16-17,22,24-28,37H,5,8-9,14-15,18-21H2,1-3H3/t25-,26-,27+,28?,32+,33+/m1/s1. The van der Waals surface area contributed by atoms with Gasteiger partial charge in [-0.2, -0.15) is 0 Å². The minimum atomic E-state index is -0.888. The zero-order valence-corrected chi connectivity index (χ0v) is 25.3. The van der Waals surface area contributed by atoms with E-state index in [1.165, 1.54) is 6.42 Å². The highest BCUT2D eigenvalue weighted by Crippen LogP contribution is 2.66. The third-order valence-corrected chi connectivity index (χ3v) is 11.8. The molecule has 1 aliphatic carbocycles. The molecule has 6 rings (SSSR count). The van der Waals surface area contributed by atoms with Crippen LogP contribution in [0.15, 0.2) is 54.6 Å². The van der Waals surface area contributed by atoms with Gasteiger partial charge in [0.2, 0.25) is 17.7 Å². The second kappa shape index (κ2) is 10.9. The fourth-order valence-corrected chi connectivity index (χ4v) is 10.4. The summed E-state index contributed by atoms with van der Waals surface area (Å²) < 4.78 is -1.54. The number of carbonyl (C=O) groups is 3. The van der Waals surface area contributed by atoms with Crippen LogP contribution < -0.4 is 4.90 Å². The highest BCUT2D eigenvalue weighted by molar-refractivity contribution is 8.02. The smallest absolute Gasteiger partial charge is 0.247 e. The zero-order valence-electron chi connectivity index (χ0n) is 24.4. The lowest BCUT2D eigenvalue weighted by Gasteiger charge is -2.42. The van der Waals surface area contributed by atoms with Crippen molar-refractivity contribution in [2.45, 2.75) is 86.9 Å². The van der Waals surface area contributed by atoms with Gasteiger partial charge in [0.05, 0.1) is 29.2 Å². The van der Waals surface area contributed by atoms with Crippen molar-refractivity contribution in [2.75, 3.05) is 24.6 Å². The van der Waals surface area contributed by atoms with Crippen LogP contribution in [-0.2, 0) is 14.4 Å². The second-order valence-electron chi connectivity index (χ2n) is 13.1. The molecular weight excluding hydrogens is 534 g/mol. The lowest BCUT2D eigenvalue weighted by molar-refractivity contribution is -0.147. The molecule has 5 aliphatic rings. The number of thioether (sulfide) groups is 1. The SMILES string of the molecule is CC(C)C[C@H](CO)N1C(=O)[C@@H]2[C@@H]3C(=O)N(c4ccccc4)CC=C[C@]3(C)S[C@@]23C=CCN(C2CCCCC2)C(=O)C13. The Morgan fingerprint density at radius 1 is 0.927 bits per heavy atom. The van der Waals surface area contributed by atoms with Crippen molar-refractivity contribution in [3.8, 4) is 0 Å². The summed E-state index contributed by atoms with van der Waals surface area (Å²) >= 11 is 1.62. The van der Waals surface area contributed by atoms with E-state index in [-0.39, 0.29) is 36.3 Å². The van der Waals surface area contributed by atoms with Crippen molar-refractivity contribution in [3.63, 3.8) is 0 Å². The lowest BCUT2D eigenvalue weighted by atomic mass is 9.74. The van der Waals surface area contributed by atoms with Gasteiger partial charge in [-0.1, -0.05) is 75.6 Å². The van der Waals surface area contributed by atoms with E-state index in [0.29, 0.717) is 19.5 Å². The molecule has 220 valence electrons. The van der Waals surface area contributed by atoms with E-state index in [1.54, 1.807) is 21.6 Å². The summed E-state index contributed by atoms with van der Waals surface area (Å²) in [6.07, 6.45) is 14.3. The number of anilines is 1. The van der Waals surface area contributed by atoms with E-state index in [2.05, 4.69) is 39.0 Å². The normalized spacial score (nSPS) is 34.5. The number of hydrogen-bond acceptors (Lipinski definition) is 5. The van der Waals surface area contributed by atoms with Gasteiger partial charge in [0.1, 0.15) is 6.04 Å². The Labute approximate surface area is 248 Å². The molecule has 0 aromatic heterocycles. The molecule has 3 fully saturated rings. The number of amides is 3. The number of benzene rings is 1. The van der Waals surface area contributed by atoms with Gasteiger partial charge >= 0.3 is 0 Å². The Balaban J connectivity index is 1.47. The van der Waals surface area contributed by atoms with Crippen molar-refractivity contribution in [1.29, 1.82) is 0 Å². The number of carbonyl (C=O) groups excluding carboxylic acids is 3. The molecule has 4 aliphatic heterocycles. The van der Waals surface area contributed by atoms with Gasteiger partial charge in [-0.25, -0.2) is 0 Å². The average Bonchev–Trinajstić information content (AvgIpc) is 3.24. The first kappa shape index (κ1) is 28.5. The van der Waals surface area contributed by atoms with Gasteiger partial charge < -0.3 is 19.8 Å². The van der Waals surface area contributed by atoms with E-state index in [9.17, 15) is 19.5 Å². The first-order valence-electron chi connectivity index (χ1n) is 15.4. The summed E-state index contributed by atoms with van der Waals surface area (Å²) in [5.74, 6) is -1.37. The third-order valence-electron chi connectivity index (χ3n) is 9.96. The van der Waals surface area contributed by atoms with Gasteiger partial charge in [-0.05, 0) is 44.2 Å². The molecule has 1 saturated carbocycles. The minimum Gasteiger partial charge on any atom is -0.394 e. The quantitative estimate of drug-likeness (QED) is 0.507. The van der Waals surface area contributed by atoms with Crippen LogP contribution in [0.3, 0.4) is 0 Å². The number of rotatable bonds is 6. The zero-order chi connectivity index (χ0) is 28.9. The van der Waals surface area contributed by atoms with E-state index in [0.717, 1.165) is 31.4 Å². The van der Waals surface area contributed by atoms with Crippen molar-refractivity contribution >= 4 is 35.2 Å². The van der Waals surface area contributed by atoms with Crippen molar-refractivity contribution in [1.82, 2.24) is 9.80 Å². The molecule has 3 amide bonds. The molecule has 7 nitrogen and oxygen atoms in total. The molecule has 2 saturated heterocycles. The summed E-state index contributed by atoms with van der Waals surface area (Å²) in [6.45, 7) is 6.96. The van der Waals surface area contributed by atoms with Crippen molar-refractivity contribution in [2.24, 2.45) is 17.8 Å². The van der Waals surface area contributed by atoms with Crippen LogP contribution in [0.1, 0.15) is 59.3 Å². The van der Waals surface area contributed by atoms with Crippen LogP contribution in [-0.4, -0.2) is 79.9 Å². The number of para-hydroxylation sites is 1. The number of hydrogen-bond donors (Lipinski definition) is 1. The van der Waals surface area contributed by atoms with Crippen molar-refractivity contribution in [3.05, 3.63) is 54.6 Å². The van der Waals surface area contributed by atoms with Gasteiger partial charge in [0.15, 0.2) is 0 Å². The summed E-state index contributed by atoms with van der Waals surface area (Å²) in [4.78, 5) is 49.6. The fourth-order valence-electron chi connectivity index (χ4n) is 8.25. The number of nitrogens with zero attached hydrogens (tertiary/aromatic N) is 3. The largest absolute Gasteiger partial charge is 0.394 e. The van der Waals surface area contributed by atoms with Crippen LogP contribution in [0.2, 0.25) is 0 Å². The molecule has 1 unspecified atom stereocenters. The first-order chi connectivity index (χ1) is 19.7. The molecule has 0 radical (unpaired) electrons. The Hall–Kier alpha value is -2.58. The second-order valence-corrected chi connectivity index (χ2v) is 14.9. The maximum Gasteiger partial charge on any atom is 0.247 e. The fraction of sp³-hybridized carbons (Fsp3) is 0.606. The van der Waals surface area contributed by atoms with Crippen LogP contribution in [0.4, 0.5) is 5.69 Å². The molecule has 1 aromatic rings. The number of aliphatic hydroxyl groups is 1. The minimum absolute atomic E-state index is 0.0242. The first-order valence-corrected chi connectivity index (χ1v) is 16.2. The molecule has 8 heteroatoms. The van der Waals surface area contributed by atoms with Gasteiger partial charge in [0.25, 0.3) is 0 Å². The van der Waals surface area contributed by atoms with Crippen LogP contribution in [0.25, 0.3) is 0 Å². The van der Waals surface area contributed by atoms with Gasteiger partial charge in [-0.3, -0.25) is 14.4 Å². The van der Waals surface area contributed by atoms with Crippen LogP contribution in [0, 0.1) is 17.8 Å². The Morgan fingerprint density at radius 2 is 1.63 bits per heavy atom. The van der Waals surface area contributed by atoms with Gasteiger partial charge in [0, 0.05) is 29.6 Å². The van der Waals surface area contributed by atoms with Gasteiger partial charge in [-0.15, -0.1) is 11.8 Å². The van der Waals surface area contributed by atoms with E-state index in [1.807, 2.05) is 41.3 Å². The summed E-state index contributed by atoms with van der Waals surface area (Å²) in [7, 11) is 0. The topological polar surface area (TPSA) is 81.2 Å². The molecule has 1 aromatic carbocycles. The Bertz CT molecular complexity index is 1240.